The second-order valence-corrected chi connectivity index (χ2v) is 9.09. The summed E-state index contributed by atoms with van der Waals surface area (Å²) in [6.45, 7) is 6.41. The summed E-state index contributed by atoms with van der Waals surface area (Å²) in [4.78, 5) is 17.1. The molecule has 0 aromatic carbocycles. The summed E-state index contributed by atoms with van der Waals surface area (Å²) < 4.78 is 2.34. The van der Waals surface area contributed by atoms with Crippen LogP contribution in [-0.2, 0) is 4.79 Å². The van der Waals surface area contributed by atoms with Crippen molar-refractivity contribution in [1.29, 1.82) is 0 Å². The number of thioether (sulfide) groups is 1. The molecule has 3 saturated carbocycles. The first-order valence-corrected chi connectivity index (χ1v) is 10.5. The molecule has 0 spiro atoms. The lowest BCUT2D eigenvalue weighted by Gasteiger charge is -2.28. The number of amides is 1. The van der Waals surface area contributed by atoms with Gasteiger partial charge in [-0.3, -0.25) is 4.79 Å². The minimum Gasteiger partial charge on any atom is -0.353 e. The maximum absolute atomic E-state index is 12.4. The maximum Gasteiger partial charge on any atom is 0.230 e. The Balaban J connectivity index is 1.31. The van der Waals surface area contributed by atoms with Gasteiger partial charge >= 0.3 is 0 Å². The molecular weight excluding hydrogens is 318 g/mol. The predicted octanol–water partition coefficient (Wildman–Crippen LogP) is 3.87. The number of aromatic nitrogens is 2. The summed E-state index contributed by atoms with van der Waals surface area (Å²) >= 11 is 1.60. The number of carbonyl (C=O) groups is 1. The van der Waals surface area contributed by atoms with E-state index in [4.69, 9.17) is 0 Å². The van der Waals surface area contributed by atoms with Crippen LogP contribution in [0.1, 0.15) is 62.9 Å². The van der Waals surface area contributed by atoms with E-state index in [1.165, 1.54) is 44.2 Å². The zero-order valence-corrected chi connectivity index (χ0v) is 15.9. The third-order valence-electron chi connectivity index (χ3n) is 6.42. The molecular formula is C19H29N3OS. The van der Waals surface area contributed by atoms with E-state index in [0.29, 0.717) is 23.8 Å². The first kappa shape index (κ1) is 16.5. The molecule has 0 unspecified atom stereocenters. The van der Waals surface area contributed by atoms with E-state index in [9.17, 15) is 4.79 Å². The van der Waals surface area contributed by atoms with Crippen LogP contribution in [0.5, 0.6) is 0 Å². The molecule has 0 aliphatic heterocycles. The Bertz CT molecular complexity index is 637. The number of nitrogens with one attached hydrogen (secondary N) is 1. The fourth-order valence-electron chi connectivity index (χ4n) is 4.90. The molecule has 2 bridgehead atoms. The van der Waals surface area contributed by atoms with Crippen LogP contribution >= 0.6 is 11.8 Å². The van der Waals surface area contributed by atoms with Gasteiger partial charge in [-0.15, -0.1) is 0 Å². The lowest BCUT2D eigenvalue weighted by Crippen LogP contribution is -2.40. The van der Waals surface area contributed by atoms with Gasteiger partial charge < -0.3 is 9.88 Å². The molecule has 4 atom stereocenters. The number of hydrogen-bond acceptors (Lipinski definition) is 3. The van der Waals surface area contributed by atoms with Gasteiger partial charge in [0.2, 0.25) is 5.91 Å². The molecule has 1 aromatic heterocycles. The number of fused-ring (bicyclic) bond motifs is 2. The smallest absolute Gasteiger partial charge is 0.230 e. The molecule has 4 rings (SSSR count). The summed E-state index contributed by atoms with van der Waals surface area (Å²) in [6, 6.07) is 0.935. The minimum absolute atomic E-state index is 0.163. The number of carbonyl (C=O) groups excluding carboxylic acids is 1. The molecule has 1 heterocycles. The first-order valence-electron chi connectivity index (χ1n) is 9.50. The molecule has 1 N–H and O–H groups in total. The number of imidazole rings is 1. The molecule has 4 nitrogen and oxygen atoms in total. The van der Waals surface area contributed by atoms with Crippen molar-refractivity contribution in [3.8, 4) is 0 Å². The highest BCUT2D eigenvalue weighted by Gasteiger charge is 2.42. The van der Waals surface area contributed by atoms with Crippen molar-refractivity contribution < 1.29 is 4.79 Å². The van der Waals surface area contributed by atoms with Crippen LogP contribution in [0.3, 0.4) is 0 Å². The first-order chi connectivity index (χ1) is 11.5. The highest BCUT2D eigenvalue weighted by Crippen LogP contribution is 2.49. The van der Waals surface area contributed by atoms with Crippen LogP contribution in [0, 0.1) is 31.6 Å². The van der Waals surface area contributed by atoms with E-state index in [-0.39, 0.29) is 5.91 Å². The SMILES string of the molecule is Cc1nc(SCC(=O)N[C@H](C)[C@@H]2C[C@H]3CC[C@H]2C3)n(C2CC2)c1C. The van der Waals surface area contributed by atoms with Crippen molar-refractivity contribution in [1.82, 2.24) is 14.9 Å². The van der Waals surface area contributed by atoms with Gasteiger partial charge in [-0.2, -0.15) is 0 Å². The zero-order valence-electron chi connectivity index (χ0n) is 15.0. The Labute approximate surface area is 149 Å². The third-order valence-corrected chi connectivity index (χ3v) is 7.38. The van der Waals surface area contributed by atoms with E-state index < -0.39 is 0 Å². The van der Waals surface area contributed by atoms with Crippen LogP contribution in [0.4, 0.5) is 0 Å². The molecule has 3 fully saturated rings. The second-order valence-electron chi connectivity index (χ2n) is 8.15. The van der Waals surface area contributed by atoms with Gasteiger partial charge in [0, 0.05) is 17.8 Å². The number of hydrogen-bond donors (Lipinski definition) is 1. The summed E-state index contributed by atoms with van der Waals surface area (Å²) in [5.74, 6) is 3.14. The Hall–Kier alpha value is -0.970. The Morgan fingerprint density at radius 1 is 1.29 bits per heavy atom. The van der Waals surface area contributed by atoms with E-state index in [2.05, 4.69) is 35.6 Å². The van der Waals surface area contributed by atoms with Gasteiger partial charge in [0.05, 0.1) is 11.4 Å². The highest BCUT2D eigenvalue weighted by molar-refractivity contribution is 7.99. The summed E-state index contributed by atoms with van der Waals surface area (Å²) in [7, 11) is 0. The van der Waals surface area contributed by atoms with Gasteiger partial charge in [-0.1, -0.05) is 18.2 Å². The fraction of sp³-hybridized carbons (Fsp3) is 0.789. The topological polar surface area (TPSA) is 46.9 Å². The Morgan fingerprint density at radius 3 is 2.71 bits per heavy atom. The minimum atomic E-state index is 0.163. The Kier molecular flexibility index (Phi) is 4.40. The third kappa shape index (κ3) is 3.12. The summed E-state index contributed by atoms with van der Waals surface area (Å²) in [5.41, 5.74) is 2.36. The molecule has 24 heavy (non-hydrogen) atoms. The molecule has 0 saturated heterocycles. The van der Waals surface area contributed by atoms with Gasteiger partial charge in [0.1, 0.15) is 0 Å². The maximum atomic E-state index is 12.4. The van der Waals surface area contributed by atoms with E-state index in [1.54, 1.807) is 11.8 Å². The molecule has 132 valence electrons. The van der Waals surface area contributed by atoms with Crippen molar-refractivity contribution in [2.24, 2.45) is 17.8 Å². The Morgan fingerprint density at radius 2 is 2.08 bits per heavy atom. The monoisotopic (exact) mass is 347 g/mol. The molecule has 0 radical (unpaired) electrons. The van der Waals surface area contributed by atoms with E-state index >= 15 is 0 Å². The van der Waals surface area contributed by atoms with Crippen LogP contribution in [0.15, 0.2) is 5.16 Å². The van der Waals surface area contributed by atoms with Crippen molar-refractivity contribution in [3.63, 3.8) is 0 Å². The van der Waals surface area contributed by atoms with Gasteiger partial charge in [0.15, 0.2) is 5.16 Å². The van der Waals surface area contributed by atoms with E-state index in [0.717, 1.165) is 22.7 Å². The molecule has 1 aromatic rings. The number of nitrogens with zero attached hydrogens (tertiary/aromatic N) is 2. The largest absolute Gasteiger partial charge is 0.353 e. The fourth-order valence-corrected chi connectivity index (χ4v) is 5.87. The van der Waals surface area contributed by atoms with Gasteiger partial charge in [-0.05, 0) is 70.6 Å². The zero-order chi connectivity index (χ0) is 16.8. The molecule has 3 aliphatic rings. The van der Waals surface area contributed by atoms with Crippen LogP contribution < -0.4 is 5.32 Å². The lowest BCUT2D eigenvalue weighted by atomic mass is 9.84. The van der Waals surface area contributed by atoms with Crippen LogP contribution in [0.25, 0.3) is 0 Å². The quantitative estimate of drug-likeness (QED) is 0.795. The van der Waals surface area contributed by atoms with Gasteiger partial charge in [-0.25, -0.2) is 4.98 Å². The van der Waals surface area contributed by atoms with E-state index in [1.807, 2.05) is 0 Å². The highest BCUT2D eigenvalue weighted by atomic mass is 32.2. The molecule has 1 amide bonds. The van der Waals surface area contributed by atoms with Crippen molar-refractivity contribution in [2.75, 3.05) is 5.75 Å². The van der Waals surface area contributed by atoms with Crippen molar-refractivity contribution in [2.45, 2.75) is 76.5 Å². The van der Waals surface area contributed by atoms with Gasteiger partial charge in [0.25, 0.3) is 0 Å². The normalized spacial score (nSPS) is 29.9. The lowest BCUT2D eigenvalue weighted by molar-refractivity contribution is -0.119. The predicted molar refractivity (Wildman–Crippen MR) is 97.2 cm³/mol. The van der Waals surface area contributed by atoms with Crippen LogP contribution in [0.2, 0.25) is 0 Å². The molecule has 5 heteroatoms. The second kappa shape index (κ2) is 6.40. The standard InChI is InChI=1S/C19H29N3OS/c1-11-13(3)22(16-6-7-16)19(21-11)24-10-18(23)20-12(2)17-9-14-4-5-15(17)8-14/h12,14-17H,4-10H2,1-3H3,(H,20,23)/t12-,14+,15+,17+/m1/s1. The van der Waals surface area contributed by atoms with Crippen molar-refractivity contribution in [3.05, 3.63) is 11.4 Å². The number of aryl methyl sites for hydroxylation is 1. The number of rotatable bonds is 6. The summed E-state index contributed by atoms with van der Waals surface area (Å²) in [5, 5.41) is 4.29. The average molecular weight is 348 g/mol. The van der Waals surface area contributed by atoms with Crippen molar-refractivity contribution >= 4 is 17.7 Å². The summed E-state index contributed by atoms with van der Waals surface area (Å²) in [6.07, 6.45) is 8.01. The molecule has 3 aliphatic carbocycles. The average Bonchev–Trinajstić information content (AvgIpc) is 3.03. The van der Waals surface area contributed by atoms with Crippen LogP contribution in [-0.4, -0.2) is 27.3 Å².